The number of carbonyl (C=O) groups is 1. The van der Waals surface area contributed by atoms with Gasteiger partial charge >= 0.3 is 5.97 Å². The second kappa shape index (κ2) is 8.78. The number of ether oxygens (including phenoxy) is 1. The minimum absolute atomic E-state index is 0.0414. The van der Waals surface area contributed by atoms with Crippen molar-refractivity contribution in [2.75, 3.05) is 31.2 Å². The van der Waals surface area contributed by atoms with Gasteiger partial charge in [0, 0.05) is 49.4 Å². The summed E-state index contributed by atoms with van der Waals surface area (Å²) in [7, 11) is 0. The van der Waals surface area contributed by atoms with Crippen LogP contribution in [0.15, 0.2) is 28.6 Å². The maximum Gasteiger partial charge on any atom is 0.341 e. The monoisotopic (exact) mass is 475 g/mol. The van der Waals surface area contributed by atoms with Gasteiger partial charge in [0.25, 0.3) is 0 Å². The van der Waals surface area contributed by atoms with Gasteiger partial charge in [-0.25, -0.2) is 19.2 Å². The maximum absolute atomic E-state index is 15.0. The molecule has 33 heavy (non-hydrogen) atoms. The van der Waals surface area contributed by atoms with Crippen molar-refractivity contribution in [3.8, 4) is 5.13 Å². The molecule has 3 aromatic heterocycles. The molecule has 2 saturated heterocycles. The number of rotatable bonds is 6. The first-order valence-corrected chi connectivity index (χ1v) is 11.5. The fraction of sp³-hybridized carbons (Fsp3) is 0.429. The normalized spacial score (nSPS) is 20.1. The van der Waals surface area contributed by atoms with E-state index in [0.717, 1.165) is 25.5 Å². The van der Waals surface area contributed by atoms with E-state index in [9.17, 15) is 24.2 Å². The molecule has 3 N–H and O–H groups in total. The van der Waals surface area contributed by atoms with E-state index in [2.05, 4.69) is 15.3 Å². The number of aliphatic hydroxyl groups excluding tert-OH is 1. The quantitative estimate of drug-likeness (QED) is 0.450. The van der Waals surface area contributed by atoms with Crippen LogP contribution in [0.25, 0.3) is 16.2 Å². The Kier molecular flexibility index (Phi) is 5.83. The van der Waals surface area contributed by atoms with Crippen LogP contribution in [-0.2, 0) is 4.74 Å². The van der Waals surface area contributed by atoms with E-state index in [1.54, 1.807) is 16.5 Å². The van der Waals surface area contributed by atoms with E-state index in [4.69, 9.17) is 4.74 Å². The highest BCUT2D eigenvalue weighted by atomic mass is 32.1. The summed E-state index contributed by atoms with van der Waals surface area (Å²) < 4.78 is 21.8. The molecule has 0 bridgehead atoms. The average Bonchev–Trinajstić information content (AvgIpc) is 3.29. The molecule has 3 aromatic rings. The van der Waals surface area contributed by atoms with Gasteiger partial charge in [0.05, 0.1) is 12.0 Å². The van der Waals surface area contributed by atoms with Crippen molar-refractivity contribution >= 4 is 34.2 Å². The van der Waals surface area contributed by atoms with Gasteiger partial charge in [-0.1, -0.05) is 0 Å². The molecule has 12 heteroatoms. The third-order valence-electron chi connectivity index (χ3n) is 5.99. The molecule has 5 heterocycles. The van der Waals surface area contributed by atoms with Crippen LogP contribution in [0.1, 0.15) is 23.2 Å². The molecular weight excluding hydrogens is 453 g/mol. The molecule has 0 aliphatic carbocycles. The number of hydrogen-bond acceptors (Lipinski definition) is 9. The van der Waals surface area contributed by atoms with Crippen LogP contribution >= 0.6 is 11.3 Å². The van der Waals surface area contributed by atoms with Gasteiger partial charge in [0.2, 0.25) is 5.43 Å². The standard InChI is InChI=1S/C21H22FN5O5S/c22-15-6-13-16(28)14(20(30)31)9-27(21-23-3-5-33-21)17(13)25-18(15)26-7-11(8-26)19(29)24-12-2-1-4-32-10-12/h3,5-6,9,11-12,19,24,29H,1-2,4,7-8,10H2,(H,30,31). The van der Waals surface area contributed by atoms with Crippen molar-refractivity contribution in [1.82, 2.24) is 19.9 Å². The molecule has 10 nitrogen and oxygen atoms in total. The number of halogens is 1. The minimum atomic E-state index is -1.41. The number of carboxylic acid groups (broad SMARTS) is 1. The molecule has 0 spiro atoms. The van der Waals surface area contributed by atoms with Gasteiger partial charge in [-0.15, -0.1) is 11.3 Å². The van der Waals surface area contributed by atoms with E-state index in [-0.39, 0.29) is 28.8 Å². The molecular formula is C21H22FN5O5S. The Morgan fingerprint density at radius 2 is 2.21 bits per heavy atom. The molecule has 174 valence electrons. The number of pyridine rings is 2. The number of anilines is 1. The first kappa shape index (κ1) is 21.9. The van der Waals surface area contributed by atoms with Crippen LogP contribution in [0.4, 0.5) is 10.2 Å². The van der Waals surface area contributed by atoms with Crippen LogP contribution in [-0.4, -0.2) is 69.3 Å². The van der Waals surface area contributed by atoms with E-state index in [1.165, 1.54) is 22.1 Å². The highest BCUT2D eigenvalue weighted by molar-refractivity contribution is 7.12. The Balaban J connectivity index is 1.44. The third kappa shape index (κ3) is 4.10. The second-order valence-corrected chi connectivity index (χ2v) is 9.09. The molecule has 2 fully saturated rings. The highest BCUT2D eigenvalue weighted by Gasteiger charge is 2.36. The molecule has 5 rings (SSSR count). The van der Waals surface area contributed by atoms with E-state index in [1.807, 2.05) is 0 Å². The summed E-state index contributed by atoms with van der Waals surface area (Å²) in [5.74, 6) is -2.21. The second-order valence-electron chi connectivity index (χ2n) is 8.22. The number of carboxylic acids is 1. The summed E-state index contributed by atoms with van der Waals surface area (Å²) in [6.07, 6.45) is 3.83. The van der Waals surface area contributed by atoms with Gasteiger partial charge in [-0.3, -0.25) is 14.7 Å². The number of thiazole rings is 1. The zero-order valence-corrected chi connectivity index (χ0v) is 18.3. The molecule has 2 aliphatic heterocycles. The van der Waals surface area contributed by atoms with Crippen molar-refractivity contribution in [2.24, 2.45) is 5.92 Å². The largest absolute Gasteiger partial charge is 0.477 e. The summed E-state index contributed by atoms with van der Waals surface area (Å²) in [4.78, 5) is 34.5. The lowest BCUT2D eigenvalue weighted by molar-refractivity contribution is 0.00878. The van der Waals surface area contributed by atoms with Crippen molar-refractivity contribution < 1.29 is 24.1 Å². The van der Waals surface area contributed by atoms with Crippen LogP contribution < -0.4 is 15.6 Å². The van der Waals surface area contributed by atoms with Crippen molar-refractivity contribution in [3.63, 3.8) is 0 Å². The Bertz CT molecular complexity index is 1240. The molecule has 0 saturated carbocycles. The van der Waals surface area contributed by atoms with Crippen LogP contribution in [0.5, 0.6) is 0 Å². The molecule has 2 atom stereocenters. The summed E-state index contributed by atoms with van der Waals surface area (Å²) >= 11 is 1.23. The van der Waals surface area contributed by atoms with Crippen LogP contribution in [0.2, 0.25) is 0 Å². The van der Waals surface area contributed by atoms with Gasteiger partial charge in [-0.05, 0) is 18.9 Å². The molecule has 0 radical (unpaired) electrons. The smallest absolute Gasteiger partial charge is 0.341 e. The van der Waals surface area contributed by atoms with Gasteiger partial charge in [0.1, 0.15) is 11.8 Å². The van der Waals surface area contributed by atoms with Crippen LogP contribution in [0.3, 0.4) is 0 Å². The third-order valence-corrected chi connectivity index (χ3v) is 6.76. The number of hydrogen-bond donors (Lipinski definition) is 3. The zero-order chi connectivity index (χ0) is 23.1. The number of nitrogens with one attached hydrogen (secondary N) is 1. The lowest BCUT2D eigenvalue weighted by Crippen LogP contribution is -2.58. The van der Waals surface area contributed by atoms with Gasteiger partial charge in [0.15, 0.2) is 22.4 Å². The van der Waals surface area contributed by atoms with Crippen LogP contribution in [0, 0.1) is 11.7 Å². The lowest BCUT2D eigenvalue weighted by Gasteiger charge is -2.43. The topological polar surface area (TPSA) is 130 Å². The average molecular weight is 476 g/mol. The number of aromatic carboxylic acids is 1. The van der Waals surface area contributed by atoms with E-state index in [0.29, 0.717) is 24.8 Å². The minimum Gasteiger partial charge on any atom is -0.477 e. The summed E-state index contributed by atoms with van der Waals surface area (Å²) in [6, 6.07) is 1.12. The number of nitrogens with zero attached hydrogens (tertiary/aromatic N) is 4. The predicted octanol–water partition coefficient (Wildman–Crippen LogP) is 1.20. The molecule has 2 aliphatic rings. The highest BCUT2D eigenvalue weighted by Crippen LogP contribution is 2.30. The lowest BCUT2D eigenvalue weighted by atomic mass is 9.96. The molecule has 0 amide bonds. The van der Waals surface area contributed by atoms with Gasteiger partial charge < -0.3 is 19.8 Å². The maximum atomic E-state index is 15.0. The Morgan fingerprint density at radius 3 is 2.88 bits per heavy atom. The summed E-state index contributed by atoms with van der Waals surface area (Å²) in [5.41, 5.74) is -1.17. The fourth-order valence-corrected chi connectivity index (χ4v) is 4.82. The zero-order valence-electron chi connectivity index (χ0n) is 17.5. The summed E-state index contributed by atoms with van der Waals surface area (Å²) in [6.45, 7) is 2.05. The fourth-order valence-electron chi connectivity index (χ4n) is 4.20. The van der Waals surface area contributed by atoms with Crippen molar-refractivity contribution in [1.29, 1.82) is 0 Å². The van der Waals surface area contributed by atoms with Crippen molar-refractivity contribution in [2.45, 2.75) is 25.1 Å². The first-order valence-electron chi connectivity index (χ1n) is 10.6. The van der Waals surface area contributed by atoms with E-state index >= 15 is 0 Å². The summed E-state index contributed by atoms with van der Waals surface area (Å²) in [5, 5.41) is 25.1. The van der Waals surface area contributed by atoms with Crippen molar-refractivity contribution in [3.05, 3.63) is 45.4 Å². The number of aromatic nitrogens is 3. The molecule has 2 unspecified atom stereocenters. The number of fused-ring (bicyclic) bond motifs is 1. The van der Waals surface area contributed by atoms with Gasteiger partial charge in [-0.2, -0.15) is 0 Å². The Morgan fingerprint density at radius 1 is 1.39 bits per heavy atom. The number of aliphatic hydroxyl groups is 1. The first-order chi connectivity index (χ1) is 15.9. The Hall–Kier alpha value is -2.93. The SMILES string of the molecule is O=C(O)c1cn(-c2nccs2)c2nc(N3CC(C(O)NC4CCCOC4)C3)c(F)cc2c1=O. The predicted molar refractivity (Wildman–Crippen MR) is 119 cm³/mol. The van der Waals surface area contributed by atoms with E-state index < -0.39 is 29.0 Å². The Labute approximate surface area is 191 Å². The molecule has 0 aromatic carbocycles.